The molecule has 1 aliphatic heterocycles. The van der Waals surface area contributed by atoms with E-state index in [0.717, 1.165) is 0 Å². The smallest absolute Gasteiger partial charge is 0.335 e. The zero-order valence-electron chi connectivity index (χ0n) is 10.4. The van der Waals surface area contributed by atoms with Crippen LogP contribution < -0.4 is 4.74 Å². The van der Waals surface area contributed by atoms with Crippen LogP contribution in [0.4, 0.5) is 0 Å². The molecule has 0 saturated carbocycles. The Labute approximate surface area is 110 Å². The summed E-state index contributed by atoms with van der Waals surface area (Å²) in [6, 6.07) is 5.96. The summed E-state index contributed by atoms with van der Waals surface area (Å²) in [7, 11) is 0. The molecule has 0 spiro atoms. The van der Waals surface area contributed by atoms with Crippen molar-refractivity contribution in [3.05, 3.63) is 29.8 Å². The number of hydrogen-bond acceptors (Lipinski definition) is 4. The molecular weight excluding hydrogens is 250 g/mol. The van der Waals surface area contributed by atoms with Crippen molar-refractivity contribution in [3.8, 4) is 5.75 Å². The Bertz CT molecular complexity index is 451. The third-order valence-corrected chi connectivity index (χ3v) is 2.83. The number of carboxylic acids is 1. The molecule has 1 amide bonds. The van der Waals surface area contributed by atoms with E-state index in [9.17, 15) is 9.59 Å². The van der Waals surface area contributed by atoms with Crippen LogP contribution in [-0.4, -0.2) is 54.8 Å². The second kappa shape index (κ2) is 6.19. The van der Waals surface area contributed by atoms with E-state index in [1.807, 2.05) is 0 Å². The van der Waals surface area contributed by atoms with Gasteiger partial charge in [0.1, 0.15) is 5.75 Å². The Balaban J connectivity index is 1.84. The van der Waals surface area contributed by atoms with Crippen LogP contribution in [-0.2, 0) is 9.53 Å². The van der Waals surface area contributed by atoms with Crippen molar-refractivity contribution in [1.29, 1.82) is 0 Å². The molecule has 1 heterocycles. The van der Waals surface area contributed by atoms with Crippen LogP contribution in [0.3, 0.4) is 0 Å². The number of benzene rings is 1. The van der Waals surface area contributed by atoms with Gasteiger partial charge in [-0.25, -0.2) is 4.79 Å². The average Bonchev–Trinajstić information content (AvgIpc) is 2.46. The van der Waals surface area contributed by atoms with Gasteiger partial charge < -0.3 is 19.5 Å². The van der Waals surface area contributed by atoms with Crippen molar-refractivity contribution in [1.82, 2.24) is 4.90 Å². The molecule has 6 nitrogen and oxygen atoms in total. The number of amides is 1. The normalized spacial score (nSPS) is 15.1. The van der Waals surface area contributed by atoms with Gasteiger partial charge in [-0.05, 0) is 24.3 Å². The van der Waals surface area contributed by atoms with Crippen molar-refractivity contribution >= 4 is 11.9 Å². The summed E-state index contributed by atoms with van der Waals surface area (Å²) in [4.78, 5) is 24.2. The molecule has 1 aromatic rings. The maximum absolute atomic E-state index is 11.8. The molecule has 1 N–H and O–H groups in total. The van der Waals surface area contributed by atoms with Crippen LogP contribution in [0, 0.1) is 0 Å². The number of carboxylic acid groups (broad SMARTS) is 1. The molecule has 1 saturated heterocycles. The lowest BCUT2D eigenvalue weighted by Crippen LogP contribution is -2.42. The third kappa shape index (κ3) is 3.69. The largest absolute Gasteiger partial charge is 0.484 e. The molecule has 0 unspecified atom stereocenters. The summed E-state index contributed by atoms with van der Waals surface area (Å²) >= 11 is 0. The van der Waals surface area contributed by atoms with Crippen LogP contribution in [0.2, 0.25) is 0 Å². The standard InChI is InChI=1S/C13H15NO5/c15-12(14-5-7-18-8-6-14)9-19-11-3-1-10(2-4-11)13(16)17/h1-4H,5-9H2,(H,16,17). The van der Waals surface area contributed by atoms with Gasteiger partial charge in [0.05, 0.1) is 18.8 Å². The fourth-order valence-corrected chi connectivity index (χ4v) is 1.74. The first-order chi connectivity index (χ1) is 9.16. The van der Waals surface area contributed by atoms with Gasteiger partial charge in [-0.3, -0.25) is 4.79 Å². The van der Waals surface area contributed by atoms with Gasteiger partial charge in [0.2, 0.25) is 0 Å². The van der Waals surface area contributed by atoms with Crippen molar-refractivity contribution in [2.24, 2.45) is 0 Å². The number of morpholine rings is 1. The zero-order chi connectivity index (χ0) is 13.7. The summed E-state index contributed by atoms with van der Waals surface area (Å²) in [6.07, 6.45) is 0. The van der Waals surface area contributed by atoms with Crippen LogP contribution in [0.1, 0.15) is 10.4 Å². The predicted octanol–water partition coefficient (Wildman–Crippen LogP) is 0.622. The summed E-state index contributed by atoms with van der Waals surface area (Å²) in [6.45, 7) is 2.23. The van der Waals surface area contributed by atoms with Gasteiger partial charge in [0, 0.05) is 13.1 Å². The van der Waals surface area contributed by atoms with Gasteiger partial charge >= 0.3 is 5.97 Å². The highest BCUT2D eigenvalue weighted by molar-refractivity contribution is 5.87. The number of aromatic carboxylic acids is 1. The molecule has 102 valence electrons. The molecule has 0 aromatic heterocycles. The van der Waals surface area contributed by atoms with Crippen molar-refractivity contribution < 1.29 is 24.2 Å². The molecule has 0 radical (unpaired) electrons. The van der Waals surface area contributed by atoms with Gasteiger partial charge in [-0.2, -0.15) is 0 Å². The van der Waals surface area contributed by atoms with Crippen molar-refractivity contribution in [2.45, 2.75) is 0 Å². The van der Waals surface area contributed by atoms with E-state index < -0.39 is 5.97 Å². The average molecular weight is 265 g/mol. The molecule has 6 heteroatoms. The molecule has 0 aliphatic carbocycles. The first-order valence-corrected chi connectivity index (χ1v) is 5.98. The van der Waals surface area contributed by atoms with Crippen LogP contribution >= 0.6 is 0 Å². The number of carbonyl (C=O) groups excluding carboxylic acids is 1. The van der Waals surface area contributed by atoms with Crippen molar-refractivity contribution in [2.75, 3.05) is 32.9 Å². The van der Waals surface area contributed by atoms with Crippen LogP contribution in [0.25, 0.3) is 0 Å². The lowest BCUT2D eigenvalue weighted by atomic mass is 10.2. The van der Waals surface area contributed by atoms with Gasteiger partial charge in [-0.1, -0.05) is 0 Å². The fraction of sp³-hybridized carbons (Fsp3) is 0.385. The molecule has 1 aromatic carbocycles. The molecule has 1 aliphatic rings. The van der Waals surface area contributed by atoms with E-state index in [0.29, 0.717) is 32.1 Å². The molecule has 2 rings (SSSR count). The first kappa shape index (κ1) is 13.4. The van der Waals surface area contributed by atoms with Gasteiger partial charge in [0.25, 0.3) is 5.91 Å². The molecule has 0 bridgehead atoms. The first-order valence-electron chi connectivity index (χ1n) is 5.98. The predicted molar refractivity (Wildman–Crippen MR) is 66.3 cm³/mol. The molecular formula is C13H15NO5. The van der Waals surface area contributed by atoms with E-state index in [2.05, 4.69) is 0 Å². The van der Waals surface area contributed by atoms with Crippen LogP contribution in [0.15, 0.2) is 24.3 Å². The minimum atomic E-state index is -0.990. The Kier molecular flexibility index (Phi) is 4.35. The van der Waals surface area contributed by atoms with Crippen LogP contribution in [0.5, 0.6) is 5.75 Å². The topological polar surface area (TPSA) is 76.1 Å². The monoisotopic (exact) mass is 265 g/mol. The summed E-state index contributed by atoms with van der Waals surface area (Å²) < 4.78 is 10.5. The van der Waals surface area contributed by atoms with E-state index in [1.165, 1.54) is 24.3 Å². The highest BCUT2D eigenvalue weighted by Crippen LogP contribution is 2.12. The fourth-order valence-electron chi connectivity index (χ4n) is 1.74. The van der Waals surface area contributed by atoms with E-state index in [-0.39, 0.29) is 18.1 Å². The maximum atomic E-state index is 11.8. The Morgan fingerprint density at radius 3 is 2.42 bits per heavy atom. The highest BCUT2D eigenvalue weighted by Gasteiger charge is 2.17. The summed E-state index contributed by atoms with van der Waals surface area (Å²) in [5, 5.41) is 8.75. The van der Waals surface area contributed by atoms with Gasteiger partial charge in [-0.15, -0.1) is 0 Å². The number of rotatable bonds is 4. The van der Waals surface area contributed by atoms with E-state index in [4.69, 9.17) is 14.6 Å². The third-order valence-electron chi connectivity index (χ3n) is 2.83. The summed E-state index contributed by atoms with van der Waals surface area (Å²) in [5.41, 5.74) is 0.187. The minimum absolute atomic E-state index is 0.0492. The summed E-state index contributed by atoms with van der Waals surface area (Å²) in [5.74, 6) is -0.604. The molecule has 19 heavy (non-hydrogen) atoms. The number of carbonyl (C=O) groups is 2. The maximum Gasteiger partial charge on any atom is 0.335 e. The second-order valence-electron chi connectivity index (χ2n) is 4.11. The quantitative estimate of drug-likeness (QED) is 0.863. The molecule has 0 atom stereocenters. The van der Waals surface area contributed by atoms with E-state index in [1.54, 1.807) is 4.90 Å². The minimum Gasteiger partial charge on any atom is -0.484 e. The number of ether oxygens (including phenoxy) is 2. The number of hydrogen-bond donors (Lipinski definition) is 1. The van der Waals surface area contributed by atoms with Crippen molar-refractivity contribution in [3.63, 3.8) is 0 Å². The lowest BCUT2D eigenvalue weighted by molar-refractivity contribution is -0.137. The van der Waals surface area contributed by atoms with E-state index >= 15 is 0 Å². The highest BCUT2D eigenvalue weighted by atomic mass is 16.5. The molecule has 1 fully saturated rings. The Hall–Kier alpha value is -2.08. The Morgan fingerprint density at radius 2 is 1.84 bits per heavy atom. The van der Waals surface area contributed by atoms with Gasteiger partial charge in [0.15, 0.2) is 6.61 Å². The SMILES string of the molecule is O=C(O)c1ccc(OCC(=O)N2CCOCC2)cc1. The second-order valence-corrected chi connectivity index (χ2v) is 4.11. The Morgan fingerprint density at radius 1 is 1.21 bits per heavy atom. The number of nitrogens with zero attached hydrogens (tertiary/aromatic N) is 1. The lowest BCUT2D eigenvalue weighted by Gasteiger charge is -2.26. The zero-order valence-corrected chi connectivity index (χ0v) is 10.4.